The summed E-state index contributed by atoms with van der Waals surface area (Å²) in [5.74, 6) is 0.865. The van der Waals surface area contributed by atoms with Crippen LogP contribution in [0.3, 0.4) is 0 Å². The van der Waals surface area contributed by atoms with Gasteiger partial charge in [0.2, 0.25) is 0 Å². The largest absolute Gasteiger partial charge is 0.256 e. The standard InChI is InChI=1S/C15H21N3S/c1-10-6-7-12(8-11(10)2)13-9-19-14(18-17-13)16-15(3,4)5/h6-8H,9H2,1-5H3,(H,16,18). The molecule has 1 aromatic rings. The lowest BCUT2D eigenvalue weighted by molar-refractivity contribution is 0.582. The monoisotopic (exact) mass is 275 g/mol. The Morgan fingerprint density at radius 1 is 1.21 bits per heavy atom. The first-order valence-electron chi connectivity index (χ1n) is 6.48. The average molecular weight is 275 g/mol. The number of aliphatic imine (C=N–C) groups is 1. The fourth-order valence-electron chi connectivity index (χ4n) is 1.75. The minimum absolute atomic E-state index is 0.0667. The highest BCUT2D eigenvalue weighted by molar-refractivity contribution is 8.14. The first-order chi connectivity index (χ1) is 8.85. The smallest absolute Gasteiger partial charge is 0.178 e. The second-order valence-electron chi connectivity index (χ2n) is 5.85. The fourth-order valence-corrected chi connectivity index (χ4v) is 2.70. The number of amidine groups is 1. The highest BCUT2D eigenvalue weighted by Crippen LogP contribution is 2.18. The Labute approximate surface area is 119 Å². The van der Waals surface area contributed by atoms with Crippen molar-refractivity contribution in [3.05, 3.63) is 34.9 Å². The molecule has 1 aliphatic rings. The predicted molar refractivity (Wildman–Crippen MR) is 85.2 cm³/mol. The highest BCUT2D eigenvalue weighted by Gasteiger charge is 2.16. The van der Waals surface area contributed by atoms with Crippen molar-refractivity contribution in [2.45, 2.75) is 40.2 Å². The van der Waals surface area contributed by atoms with E-state index in [1.165, 1.54) is 16.7 Å². The van der Waals surface area contributed by atoms with Gasteiger partial charge >= 0.3 is 0 Å². The van der Waals surface area contributed by atoms with Crippen LogP contribution in [0.5, 0.6) is 0 Å². The molecule has 1 aliphatic heterocycles. The lowest BCUT2D eigenvalue weighted by atomic mass is 10.0. The van der Waals surface area contributed by atoms with Crippen LogP contribution in [0.4, 0.5) is 0 Å². The van der Waals surface area contributed by atoms with E-state index in [-0.39, 0.29) is 5.54 Å². The first kappa shape index (κ1) is 14.1. The van der Waals surface area contributed by atoms with Crippen LogP contribution in [0.25, 0.3) is 0 Å². The van der Waals surface area contributed by atoms with Crippen molar-refractivity contribution in [1.29, 1.82) is 0 Å². The van der Waals surface area contributed by atoms with E-state index in [1.807, 2.05) is 0 Å². The minimum atomic E-state index is -0.0667. The van der Waals surface area contributed by atoms with Gasteiger partial charge in [-0.05, 0) is 57.4 Å². The molecule has 0 radical (unpaired) electrons. The Balaban J connectivity index is 2.17. The molecule has 102 valence electrons. The molecule has 1 aromatic carbocycles. The molecule has 0 spiro atoms. The molecule has 0 aliphatic carbocycles. The van der Waals surface area contributed by atoms with E-state index in [0.717, 1.165) is 16.6 Å². The number of nitrogens with zero attached hydrogens (tertiary/aromatic N) is 2. The number of benzene rings is 1. The molecule has 2 rings (SSSR count). The van der Waals surface area contributed by atoms with Crippen molar-refractivity contribution in [3.63, 3.8) is 0 Å². The summed E-state index contributed by atoms with van der Waals surface area (Å²) in [6.45, 7) is 10.5. The number of nitrogens with one attached hydrogen (secondary N) is 1. The summed E-state index contributed by atoms with van der Waals surface area (Å²) in [6, 6.07) is 6.48. The lowest BCUT2D eigenvalue weighted by Gasteiger charge is -2.19. The van der Waals surface area contributed by atoms with E-state index in [4.69, 9.17) is 0 Å². The summed E-state index contributed by atoms with van der Waals surface area (Å²) in [6.07, 6.45) is 0. The SMILES string of the molecule is Cc1ccc(C2=NNC(=NC(C)(C)C)SC2)cc1C. The second-order valence-corrected chi connectivity index (χ2v) is 6.81. The molecule has 0 unspecified atom stereocenters. The van der Waals surface area contributed by atoms with Crippen molar-refractivity contribution < 1.29 is 0 Å². The Morgan fingerprint density at radius 2 is 1.95 bits per heavy atom. The summed E-state index contributed by atoms with van der Waals surface area (Å²) >= 11 is 1.71. The van der Waals surface area contributed by atoms with Gasteiger partial charge in [0, 0.05) is 5.75 Å². The molecule has 0 saturated heterocycles. The maximum Gasteiger partial charge on any atom is 0.178 e. The van der Waals surface area contributed by atoms with Crippen LogP contribution in [0, 0.1) is 13.8 Å². The second kappa shape index (κ2) is 5.37. The molecule has 4 heteroatoms. The molecule has 0 atom stereocenters. The van der Waals surface area contributed by atoms with E-state index in [1.54, 1.807) is 11.8 Å². The molecule has 0 fully saturated rings. The van der Waals surface area contributed by atoms with Gasteiger partial charge in [-0.25, -0.2) is 0 Å². The third-order valence-electron chi connectivity index (χ3n) is 2.91. The first-order valence-corrected chi connectivity index (χ1v) is 7.46. The van der Waals surface area contributed by atoms with Crippen LogP contribution < -0.4 is 5.43 Å². The van der Waals surface area contributed by atoms with Gasteiger partial charge in [0.25, 0.3) is 0 Å². The quantitative estimate of drug-likeness (QED) is 0.851. The topological polar surface area (TPSA) is 36.8 Å². The number of hydrazone groups is 1. The molecule has 0 saturated carbocycles. The summed E-state index contributed by atoms with van der Waals surface area (Å²) in [7, 11) is 0. The third-order valence-corrected chi connectivity index (χ3v) is 3.78. The van der Waals surface area contributed by atoms with E-state index >= 15 is 0 Å². The highest BCUT2D eigenvalue weighted by atomic mass is 32.2. The zero-order chi connectivity index (χ0) is 14.0. The van der Waals surface area contributed by atoms with Gasteiger partial charge in [0.15, 0.2) is 5.17 Å². The molecular weight excluding hydrogens is 254 g/mol. The maximum absolute atomic E-state index is 4.59. The van der Waals surface area contributed by atoms with Crippen molar-refractivity contribution in [2.24, 2.45) is 10.1 Å². The Bertz CT molecular complexity index is 539. The average Bonchev–Trinajstić information content (AvgIpc) is 2.32. The molecule has 0 amide bonds. The van der Waals surface area contributed by atoms with Gasteiger partial charge in [-0.15, -0.1) is 0 Å². The third kappa shape index (κ3) is 3.83. The summed E-state index contributed by atoms with van der Waals surface area (Å²) < 4.78 is 0. The summed E-state index contributed by atoms with van der Waals surface area (Å²) in [4.78, 5) is 4.59. The van der Waals surface area contributed by atoms with Crippen molar-refractivity contribution >= 4 is 22.6 Å². The van der Waals surface area contributed by atoms with Crippen LogP contribution >= 0.6 is 11.8 Å². The molecule has 0 bridgehead atoms. The molecular formula is C15H21N3S. The normalized spacial score (nSPS) is 18.2. The number of hydrogen-bond acceptors (Lipinski definition) is 3. The van der Waals surface area contributed by atoms with Gasteiger partial charge in [0.1, 0.15) is 0 Å². The Hall–Kier alpha value is -1.29. The van der Waals surface area contributed by atoms with E-state index < -0.39 is 0 Å². The molecule has 1 heterocycles. The number of rotatable bonds is 1. The van der Waals surface area contributed by atoms with Gasteiger partial charge in [-0.1, -0.05) is 23.9 Å². The van der Waals surface area contributed by atoms with Crippen molar-refractivity contribution in [3.8, 4) is 0 Å². The van der Waals surface area contributed by atoms with Gasteiger partial charge in [-0.2, -0.15) is 5.10 Å². The van der Waals surface area contributed by atoms with E-state index in [0.29, 0.717) is 0 Å². The number of aryl methyl sites for hydroxylation is 2. The van der Waals surface area contributed by atoms with E-state index in [9.17, 15) is 0 Å². The lowest BCUT2D eigenvalue weighted by Crippen LogP contribution is -2.28. The van der Waals surface area contributed by atoms with Gasteiger partial charge in [0.05, 0.1) is 11.3 Å². The summed E-state index contributed by atoms with van der Waals surface area (Å²) in [5, 5.41) is 5.35. The number of hydrogen-bond donors (Lipinski definition) is 1. The zero-order valence-electron chi connectivity index (χ0n) is 12.2. The van der Waals surface area contributed by atoms with Crippen molar-refractivity contribution in [2.75, 3.05) is 5.75 Å². The Kier molecular flexibility index (Phi) is 3.99. The molecule has 3 nitrogen and oxygen atoms in total. The number of thioether (sulfide) groups is 1. The molecule has 0 aromatic heterocycles. The van der Waals surface area contributed by atoms with Crippen molar-refractivity contribution in [1.82, 2.24) is 5.43 Å². The molecule has 19 heavy (non-hydrogen) atoms. The molecule has 1 N–H and O–H groups in total. The van der Waals surface area contributed by atoms with Crippen LogP contribution in [-0.4, -0.2) is 22.2 Å². The minimum Gasteiger partial charge on any atom is -0.256 e. The van der Waals surface area contributed by atoms with Crippen LogP contribution in [0.1, 0.15) is 37.5 Å². The van der Waals surface area contributed by atoms with Gasteiger partial charge in [-0.3, -0.25) is 10.4 Å². The fraction of sp³-hybridized carbons (Fsp3) is 0.467. The van der Waals surface area contributed by atoms with Crippen LogP contribution in [0.15, 0.2) is 28.3 Å². The maximum atomic E-state index is 4.59. The predicted octanol–water partition coefficient (Wildman–Crippen LogP) is 3.50. The van der Waals surface area contributed by atoms with Gasteiger partial charge < -0.3 is 0 Å². The van der Waals surface area contributed by atoms with E-state index in [2.05, 4.69) is 68.3 Å². The Morgan fingerprint density at radius 3 is 2.47 bits per heavy atom. The van der Waals surface area contributed by atoms with Crippen LogP contribution in [0.2, 0.25) is 0 Å². The van der Waals surface area contributed by atoms with Crippen LogP contribution in [-0.2, 0) is 0 Å². The zero-order valence-corrected chi connectivity index (χ0v) is 13.1. The summed E-state index contributed by atoms with van der Waals surface area (Å²) in [5.41, 5.74) is 7.89.